The number of anilines is 1. The number of hydrogen-bond acceptors (Lipinski definition) is 3. The molecule has 0 unspecified atom stereocenters. The van der Waals surface area contributed by atoms with Crippen LogP contribution in [0.25, 0.3) is 0 Å². The van der Waals surface area contributed by atoms with Crippen LogP contribution in [-0.2, 0) is 21.4 Å². The topological polar surface area (TPSA) is 66.5 Å². The Morgan fingerprint density at radius 3 is 2.38 bits per heavy atom. The average molecular weight is 350 g/mol. The van der Waals surface area contributed by atoms with Gasteiger partial charge in [-0.3, -0.25) is 9.10 Å². The Morgan fingerprint density at radius 2 is 1.71 bits per heavy atom. The van der Waals surface area contributed by atoms with E-state index in [1.165, 1.54) is 13.1 Å². The van der Waals surface area contributed by atoms with Gasteiger partial charge < -0.3 is 5.32 Å². The van der Waals surface area contributed by atoms with E-state index in [2.05, 4.69) is 5.32 Å². The van der Waals surface area contributed by atoms with Gasteiger partial charge in [-0.25, -0.2) is 12.8 Å². The molecule has 0 aromatic heterocycles. The van der Waals surface area contributed by atoms with E-state index in [0.29, 0.717) is 11.3 Å². The average Bonchev–Trinajstić information content (AvgIpc) is 2.59. The zero-order chi connectivity index (χ0) is 17.6. The van der Waals surface area contributed by atoms with E-state index >= 15 is 0 Å². The predicted molar refractivity (Wildman–Crippen MR) is 91.5 cm³/mol. The summed E-state index contributed by atoms with van der Waals surface area (Å²) >= 11 is 0. The molecule has 128 valence electrons. The van der Waals surface area contributed by atoms with Gasteiger partial charge in [0.1, 0.15) is 5.82 Å². The molecular weight excluding hydrogens is 331 g/mol. The molecular formula is C17H19FN2O3S. The Morgan fingerprint density at radius 1 is 1.08 bits per heavy atom. The monoisotopic (exact) mass is 350 g/mol. The van der Waals surface area contributed by atoms with Gasteiger partial charge in [-0.05, 0) is 18.2 Å². The predicted octanol–water partition coefficient (Wildman–Crippen LogP) is 2.30. The molecule has 5 nitrogen and oxygen atoms in total. The molecule has 0 aliphatic carbocycles. The number of carbonyl (C=O) groups excluding carboxylic acids is 1. The lowest BCUT2D eigenvalue weighted by Gasteiger charge is -2.19. The minimum atomic E-state index is -3.60. The van der Waals surface area contributed by atoms with E-state index < -0.39 is 21.7 Å². The second-order valence-electron chi connectivity index (χ2n) is 5.24. The zero-order valence-corrected chi connectivity index (χ0v) is 14.1. The maximum Gasteiger partial charge on any atom is 0.235 e. The first-order chi connectivity index (χ1) is 11.4. The van der Waals surface area contributed by atoms with Crippen molar-refractivity contribution in [2.45, 2.75) is 13.0 Å². The van der Waals surface area contributed by atoms with Crippen LogP contribution >= 0.6 is 0 Å². The van der Waals surface area contributed by atoms with Crippen molar-refractivity contribution < 1.29 is 17.6 Å². The first kappa shape index (κ1) is 17.9. The summed E-state index contributed by atoms with van der Waals surface area (Å²) < 4.78 is 39.1. The van der Waals surface area contributed by atoms with Gasteiger partial charge in [0.25, 0.3) is 0 Å². The fourth-order valence-corrected chi connectivity index (χ4v) is 3.24. The Hall–Kier alpha value is -2.41. The molecule has 24 heavy (non-hydrogen) atoms. The van der Waals surface area contributed by atoms with E-state index in [9.17, 15) is 17.6 Å². The summed E-state index contributed by atoms with van der Waals surface area (Å²) in [5.74, 6) is -1.17. The molecule has 0 heterocycles. The Labute approximate surface area is 141 Å². The minimum absolute atomic E-state index is 0.0279. The minimum Gasteiger partial charge on any atom is -0.352 e. The first-order valence-corrected chi connectivity index (χ1v) is 9.03. The highest BCUT2D eigenvalue weighted by molar-refractivity contribution is 7.92. The molecule has 1 N–H and O–H groups in total. The van der Waals surface area contributed by atoms with E-state index in [1.54, 1.807) is 48.5 Å². The normalized spacial score (nSPS) is 11.1. The zero-order valence-electron chi connectivity index (χ0n) is 13.3. The van der Waals surface area contributed by atoms with Crippen molar-refractivity contribution in [2.75, 3.05) is 17.1 Å². The van der Waals surface area contributed by atoms with Crippen molar-refractivity contribution in [3.05, 3.63) is 66.0 Å². The molecule has 7 heteroatoms. The lowest BCUT2D eigenvalue weighted by atomic mass is 10.2. The maximum absolute atomic E-state index is 13.5. The summed E-state index contributed by atoms with van der Waals surface area (Å²) in [6, 6.07) is 14.7. The van der Waals surface area contributed by atoms with Gasteiger partial charge in [0.15, 0.2) is 0 Å². The molecule has 2 aromatic rings. The number of sulfonamides is 1. The third kappa shape index (κ3) is 4.79. The van der Waals surface area contributed by atoms with Crippen LogP contribution in [0, 0.1) is 5.82 Å². The van der Waals surface area contributed by atoms with Gasteiger partial charge in [0, 0.05) is 25.6 Å². The third-order valence-corrected chi connectivity index (χ3v) is 5.32. The molecule has 2 rings (SSSR count). The van der Waals surface area contributed by atoms with Gasteiger partial charge in [0.2, 0.25) is 15.9 Å². The Kier molecular flexibility index (Phi) is 5.92. The molecule has 2 aromatic carbocycles. The number of halogens is 1. The quantitative estimate of drug-likeness (QED) is 0.833. The summed E-state index contributed by atoms with van der Waals surface area (Å²) in [7, 11) is -2.15. The molecule has 0 saturated carbocycles. The molecule has 0 aliphatic heterocycles. The van der Waals surface area contributed by atoms with E-state index in [-0.39, 0.29) is 18.7 Å². The second-order valence-corrected chi connectivity index (χ2v) is 7.36. The lowest BCUT2D eigenvalue weighted by Crippen LogP contribution is -2.32. The Bertz CT molecular complexity index is 794. The van der Waals surface area contributed by atoms with Crippen molar-refractivity contribution in [3.63, 3.8) is 0 Å². The van der Waals surface area contributed by atoms with Crippen molar-refractivity contribution in [1.29, 1.82) is 0 Å². The summed E-state index contributed by atoms with van der Waals surface area (Å²) in [5, 5.41) is 2.53. The highest BCUT2D eigenvalue weighted by Gasteiger charge is 2.19. The number of nitrogens with one attached hydrogen (secondary N) is 1. The largest absolute Gasteiger partial charge is 0.352 e. The maximum atomic E-state index is 13.5. The summed E-state index contributed by atoms with van der Waals surface area (Å²) in [4.78, 5) is 11.8. The number of nitrogens with zero attached hydrogens (tertiary/aromatic N) is 1. The second kappa shape index (κ2) is 7.92. The van der Waals surface area contributed by atoms with Crippen molar-refractivity contribution in [3.8, 4) is 0 Å². The molecule has 0 bridgehead atoms. The summed E-state index contributed by atoms with van der Waals surface area (Å²) in [6.07, 6.45) is -0.187. The van der Waals surface area contributed by atoms with Crippen molar-refractivity contribution >= 4 is 21.6 Å². The van der Waals surface area contributed by atoms with Gasteiger partial charge in [-0.1, -0.05) is 36.4 Å². The number of rotatable bonds is 7. The molecule has 0 aliphatic rings. The number of amides is 1. The van der Waals surface area contributed by atoms with Crippen molar-refractivity contribution in [1.82, 2.24) is 5.32 Å². The van der Waals surface area contributed by atoms with E-state index in [1.807, 2.05) is 0 Å². The first-order valence-electron chi connectivity index (χ1n) is 7.42. The highest BCUT2D eigenvalue weighted by atomic mass is 32.2. The summed E-state index contributed by atoms with van der Waals surface area (Å²) in [6.45, 7) is 0.0279. The third-order valence-electron chi connectivity index (χ3n) is 3.56. The van der Waals surface area contributed by atoms with Crippen LogP contribution in [0.2, 0.25) is 0 Å². The van der Waals surface area contributed by atoms with Crippen LogP contribution in [0.3, 0.4) is 0 Å². The van der Waals surface area contributed by atoms with Crippen molar-refractivity contribution in [2.24, 2.45) is 0 Å². The molecule has 0 saturated heterocycles. The van der Waals surface area contributed by atoms with Gasteiger partial charge in [0.05, 0.1) is 11.4 Å². The molecule has 0 spiro atoms. The van der Waals surface area contributed by atoms with Gasteiger partial charge in [-0.15, -0.1) is 0 Å². The van der Waals surface area contributed by atoms with Gasteiger partial charge >= 0.3 is 0 Å². The van der Waals surface area contributed by atoms with E-state index in [0.717, 1.165) is 4.31 Å². The fraction of sp³-hybridized carbons (Fsp3) is 0.235. The highest BCUT2D eigenvalue weighted by Crippen LogP contribution is 2.15. The number of benzene rings is 2. The van der Waals surface area contributed by atoms with Crippen LogP contribution in [0.4, 0.5) is 10.1 Å². The van der Waals surface area contributed by atoms with Crippen LogP contribution < -0.4 is 9.62 Å². The molecule has 0 atom stereocenters. The standard InChI is InChI=1S/C17H19FN2O3S/c1-20(15-8-3-2-4-9-15)24(22,23)12-11-17(21)19-13-14-7-5-6-10-16(14)18/h2-10H,11-13H2,1H3,(H,19,21). The van der Waals surface area contributed by atoms with Crippen LogP contribution in [-0.4, -0.2) is 27.1 Å². The number of hydrogen-bond donors (Lipinski definition) is 1. The molecule has 0 radical (unpaired) electrons. The summed E-state index contributed by atoms with van der Waals surface area (Å²) in [5.41, 5.74) is 0.888. The van der Waals surface area contributed by atoms with Crippen LogP contribution in [0.5, 0.6) is 0 Å². The number of para-hydroxylation sites is 1. The Balaban J connectivity index is 1.87. The van der Waals surface area contributed by atoms with Gasteiger partial charge in [-0.2, -0.15) is 0 Å². The lowest BCUT2D eigenvalue weighted by molar-refractivity contribution is -0.120. The van der Waals surface area contributed by atoms with Crippen LogP contribution in [0.1, 0.15) is 12.0 Å². The SMILES string of the molecule is CN(c1ccccc1)S(=O)(=O)CCC(=O)NCc1ccccc1F. The fourth-order valence-electron chi connectivity index (χ4n) is 2.08. The number of carbonyl (C=O) groups is 1. The molecule has 0 fully saturated rings. The van der Waals surface area contributed by atoms with E-state index in [4.69, 9.17) is 0 Å². The van der Waals surface area contributed by atoms with Crippen LogP contribution in [0.15, 0.2) is 54.6 Å². The molecule has 1 amide bonds. The smallest absolute Gasteiger partial charge is 0.235 e.